The number of nitrogens with zero attached hydrogens (tertiary/aromatic N) is 5. The Labute approximate surface area is 182 Å². The van der Waals surface area contributed by atoms with Gasteiger partial charge in [0.1, 0.15) is 6.04 Å². The molecule has 5 rings (SSSR count). The van der Waals surface area contributed by atoms with Crippen molar-refractivity contribution in [1.82, 2.24) is 30.1 Å². The minimum absolute atomic E-state index is 0.0361. The highest BCUT2D eigenvalue weighted by atomic mass is 16.1. The first-order valence-electron chi connectivity index (χ1n) is 11.8. The fraction of sp³-hybridized carbons (Fsp3) is 0.583. The van der Waals surface area contributed by atoms with Gasteiger partial charge in [-0.25, -0.2) is 4.68 Å². The summed E-state index contributed by atoms with van der Waals surface area (Å²) in [7, 11) is 0. The molecule has 3 aromatic rings. The van der Waals surface area contributed by atoms with Crippen LogP contribution >= 0.6 is 0 Å². The van der Waals surface area contributed by atoms with Gasteiger partial charge in [-0.3, -0.25) is 9.69 Å². The van der Waals surface area contributed by atoms with E-state index in [1.54, 1.807) is 0 Å². The van der Waals surface area contributed by atoms with Crippen LogP contribution < -0.4 is 5.56 Å². The standard InChI is InChI=1S/C24H32N6O/c1-16-13-18-15-20(24(31)25-21(18)14-17(16)2)22(29-11-7-3-4-8-12-29)23-26-27-28-30(23)19-9-5-6-10-19/h13-15,19,22H,3-12H2,1-2H3,(H,25,31). The molecular formula is C24H32N6O. The molecule has 1 aliphatic heterocycles. The largest absolute Gasteiger partial charge is 0.322 e. The van der Waals surface area contributed by atoms with E-state index in [1.807, 2.05) is 4.68 Å². The van der Waals surface area contributed by atoms with Gasteiger partial charge in [-0.05, 0) is 97.8 Å². The first-order chi connectivity index (χ1) is 15.1. The summed E-state index contributed by atoms with van der Waals surface area (Å²) in [5, 5.41) is 14.0. The van der Waals surface area contributed by atoms with Crippen LogP contribution in [0.15, 0.2) is 23.0 Å². The van der Waals surface area contributed by atoms with Gasteiger partial charge >= 0.3 is 0 Å². The van der Waals surface area contributed by atoms with Crippen LogP contribution in [0.3, 0.4) is 0 Å². The summed E-state index contributed by atoms with van der Waals surface area (Å²) in [5.74, 6) is 0.822. The third-order valence-electron chi connectivity index (χ3n) is 7.22. The number of fused-ring (bicyclic) bond motifs is 1. The number of hydrogen-bond donors (Lipinski definition) is 1. The van der Waals surface area contributed by atoms with Crippen LogP contribution in [0.1, 0.15) is 86.0 Å². The first kappa shape index (κ1) is 20.4. The smallest absolute Gasteiger partial charge is 0.253 e. The van der Waals surface area contributed by atoms with E-state index in [9.17, 15) is 4.79 Å². The Morgan fingerprint density at radius 2 is 1.68 bits per heavy atom. The molecule has 2 fully saturated rings. The average Bonchev–Trinajstić information content (AvgIpc) is 3.37. The summed E-state index contributed by atoms with van der Waals surface area (Å²) < 4.78 is 2.02. The molecule has 7 heteroatoms. The first-order valence-corrected chi connectivity index (χ1v) is 11.8. The predicted octanol–water partition coefficient (Wildman–Crippen LogP) is 4.21. The second-order valence-electron chi connectivity index (χ2n) is 9.35. The number of aryl methyl sites for hydroxylation is 2. The summed E-state index contributed by atoms with van der Waals surface area (Å²) >= 11 is 0. The Morgan fingerprint density at radius 1 is 0.968 bits per heavy atom. The van der Waals surface area contributed by atoms with E-state index in [-0.39, 0.29) is 11.6 Å². The van der Waals surface area contributed by atoms with Crippen LogP contribution in [-0.2, 0) is 0 Å². The lowest BCUT2D eigenvalue weighted by atomic mass is 10.0. The molecule has 1 saturated heterocycles. The van der Waals surface area contributed by atoms with Gasteiger partial charge in [-0.2, -0.15) is 0 Å². The Morgan fingerprint density at radius 3 is 2.42 bits per heavy atom. The van der Waals surface area contributed by atoms with Gasteiger partial charge < -0.3 is 4.98 Å². The van der Waals surface area contributed by atoms with Crippen molar-refractivity contribution in [2.24, 2.45) is 0 Å². The maximum Gasteiger partial charge on any atom is 0.253 e. The molecule has 1 N–H and O–H groups in total. The van der Waals surface area contributed by atoms with Gasteiger partial charge in [0.15, 0.2) is 5.82 Å². The number of pyridine rings is 1. The predicted molar refractivity (Wildman–Crippen MR) is 121 cm³/mol. The fourth-order valence-corrected chi connectivity index (χ4v) is 5.34. The van der Waals surface area contributed by atoms with E-state index in [0.29, 0.717) is 6.04 Å². The highest BCUT2D eigenvalue weighted by molar-refractivity contribution is 5.81. The lowest BCUT2D eigenvalue weighted by molar-refractivity contribution is 0.216. The molecule has 0 amide bonds. The van der Waals surface area contributed by atoms with Crippen LogP contribution in [0.2, 0.25) is 0 Å². The summed E-state index contributed by atoms with van der Waals surface area (Å²) in [6.07, 6.45) is 9.42. The third-order valence-corrected chi connectivity index (χ3v) is 7.22. The van der Waals surface area contributed by atoms with Crippen molar-refractivity contribution < 1.29 is 0 Å². The van der Waals surface area contributed by atoms with E-state index < -0.39 is 0 Å². The number of nitrogens with one attached hydrogen (secondary N) is 1. The maximum absolute atomic E-state index is 13.4. The molecule has 1 atom stereocenters. The molecular weight excluding hydrogens is 388 g/mol. The van der Waals surface area contributed by atoms with Crippen molar-refractivity contribution in [3.05, 3.63) is 51.1 Å². The second kappa shape index (κ2) is 8.54. The molecule has 3 heterocycles. The zero-order chi connectivity index (χ0) is 21.4. The highest BCUT2D eigenvalue weighted by Crippen LogP contribution is 2.34. The van der Waals surface area contributed by atoms with Gasteiger partial charge in [-0.15, -0.1) is 5.10 Å². The molecule has 7 nitrogen and oxygen atoms in total. The van der Waals surface area contributed by atoms with Crippen LogP contribution in [0, 0.1) is 13.8 Å². The summed E-state index contributed by atoms with van der Waals surface area (Å²) in [6.45, 7) is 6.13. The Balaban J connectivity index is 1.66. The number of aromatic nitrogens is 5. The molecule has 31 heavy (non-hydrogen) atoms. The number of hydrogen-bond acceptors (Lipinski definition) is 5. The number of H-pyrrole nitrogens is 1. The van der Waals surface area contributed by atoms with Gasteiger partial charge in [0.25, 0.3) is 5.56 Å². The summed E-state index contributed by atoms with van der Waals surface area (Å²) in [5.41, 5.74) is 4.03. The third kappa shape index (κ3) is 3.91. The average molecular weight is 421 g/mol. The second-order valence-corrected chi connectivity index (χ2v) is 9.35. The Hall–Kier alpha value is -2.54. The van der Waals surface area contributed by atoms with Gasteiger partial charge in [-0.1, -0.05) is 25.7 Å². The fourth-order valence-electron chi connectivity index (χ4n) is 5.34. The van der Waals surface area contributed by atoms with Gasteiger partial charge in [0, 0.05) is 11.1 Å². The molecule has 0 radical (unpaired) electrons. The molecule has 1 saturated carbocycles. The number of benzene rings is 1. The molecule has 2 aromatic heterocycles. The van der Waals surface area contributed by atoms with Crippen LogP contribution in [0.4, 0.5) is 0 Å². The van der Waals surface area contributed by atoms with Crippen LogP contribution in [-0.4, -0.2) is 43.2 Å². The van der Waals surface area contributed by atoms with E-state index in [4.69, 9.17) is 0 Å². The molecule has 0 spiro atoms. The molecule has 1 aromatic carbocycles. The van der Waals surface area contributed by atoms with Crippen molar-refractivity contribution in [2.75, 3.05) is 13.1 Å². The molecule has 164 valence electrons. The lowest BCUT2D eigenvalue weighted by Crippen LogP contribution is -2.36. The quantitative estimate of drug-likeness (QED) is 0.684. The van der Waals surface area contributed by atoms with Crippen molar-refractivity contribution in [3.63, 3.8) is 0 Å². The highest BCUT2D eigenvalue weighted by Gasteiger charge is 2.33. The van der Waals surface area contributed by atoms with Crippen molar-refractivity contribution in [1.29, 1.82) is 0 Å². The Bertz CT molecular complexity index is 1120. The van der Waals surface area contributed by atoms with Gasteiger partial charge in [0.05, 0.1) is 6.04 Å². The normalized spacial score (nSPS) is 19.7. The zero-order valence-electron chi connectivity index (χ0n) is 18.6. The molecule has 1 unspecified atom stereocenters. The molecule has 2 aliphatic rings. The molecule has 0 bridgehead atoms. The minimum Gasteiger partial charge on any atom is -0.322 e. The lowest BCUT2D eigenvalue weighted by Gasteiger charge is -2.30. The SMILES string of the molecule is Cc1cc2cc(C(c3nnnn3C3CCCC3)N3CCCCCC3)c(=O)[nH]c2cc1C. The zero-order valence-corrected chi connectivity index (χ0v) is 18.6. The maximum atomic E-state index is 13.4. The van der Waals surface area contributed by atoms with Gasteiger partial charge in [0.2, 0.25) is 0 Å². The molecule has 1 aliphatic carbocycles. The number of aromatic amines is 1. The van der Waals surface area contributed by atoms with E-state index in [1.165, 1.54) is 36.8 Å². The Kier molecular flexibility index (Phi) is 5.61. The van der Waals surface area contributed by atoms with E-state index in [2.05, 4.69) is 57.5 Å². The van der Waals surface area contributed by atoms with Crippen molar-refractivity contribution in [2.45, 2.75) is 77.3 Å². The van der Waals surface area contributed by atoms with Crippen molar-refractivity contribution in [3.8, 4) is 0 Å². The summed E-state index contributed by atoms with van der Waals surface area (Å²) in [6, 6.07) is 6.43. The van der Waals surface area contributed by atoms with E-state index in [0.717, 1.165) is 61.1 Å². The van der Waals surface area contributed by atoms with Crippen LogP contribution in [0.5, 0.6) is 0 Å². The number of tetrazole rings is 1. The minimum atomic E-state index is -0.219. The van der Waals surface area contributed by atoms with E-state index >= 15 is 0 Å². The summed E-state index contributed by atoms with van der Waals surface area (Å²) in [4.78, 5) is 19.0. The monoisotopic (exact) mass is 420 g/mol. The number of rotatable bonds is 4. The van der Waals surface area contributed by atoms with Crippen LogP contribution in [0.25, 0.3) is 10.9 Å². The number of likely N-dealkylation sites (tertiary alicyclic amines) is 1. The topological polar surface area (TPSA) is 79.7 Å². The van der Waals surface area contributed by atoms with Crippen molar-refractivity contribution >= 4 is 10.9 Å².